The number of hydrogen-bond acceptors (Lipinski definition) is 6. The molecule has 0 bridgehead atoms. The van der Waals surface area contributed by atoms with E-state index >= 15 is 0 Å². The second-order valence-corrected chi connectivity index (χ2v) is 12.1. The molecule has 5 aliphatic rings. The van der Waals surface area contributed by atoms with Crippen LogP contribution in [-0.2, 0) is 21.4 Å². The zero-order chi connectivity index (χ0) is 26.1. The third-order valence-electron chi connectivity index (χ3n) is 9.66. The highest BCUT2D eigenvalue weighted by Crippen LogP contribution is 2.52. The van der Waals surface area contributed by atoms with Crippen LogP contribution in [0.2, 0.25) is 0 Å². The quantitative estimate of drug-likeness (QED) is 0.612. The van der Waals surface area contributed by atoms with Crippen LogP contribution in [0.4, 0.5) is 11.5 Å². The van der Waals surface area contributed by atoms with Crippen molar-refractivity contribution in [3.63, 3.8) is 0 Å². The summed E-state index contributed by atoms with van der Waals surface area (Å²) in [5.74, 6) is 2.14. The maximum atomic E-state index is 12.9. The van der Waals surface area contributed by atoms with Crippen LogP contribution >= 0.6 is 0 Å². The van der Waals surface area contributed by atoms with E-state index in [-0.39, 0.29) is 17.9 Å². The zero-order valence-corrected chi connectivity index (χ0v) is 22.0. The van der Waals surface area contributed by atoms with Gasteiger partial charge in [-0.15, -0.1) is 0 Å². The van der Waals surface area contributed by atoms with Gasteiger partial charge < -0.3 is 15.2 Å². The molecule has 2 saturated carbocycles. The first-order valence-corrected chi connectivity index (χ1v) is 14.2. The van der Waals surface area contributed by atoms with Gasteiger partial charge in [-0.2, -0.15) is 0 Å². The molecule has 2 N–H and O–H groups in total. The Morgan fingerprint density at radius 3 is 2.68 bits per heavy atom. The van der Waals surface area contributed by atoms with Crippen molar-refractivity contribution >= 4 is 23.3 Å². The molecule has 1 aromatic carbocycles. The van der Waals surface area contributed by atoms with E-state index in [0.717, 1.165) is 73.7 Å². The lowest BCUT2D eigenvalue weighted by atomic mass is 9.71. The number of pyridine rings is 1. The molecule has 1 spiro atoms. The van der Waals surface area contributed by atoms with E-state index in [4.69, 9.17) is 4.74 Å². The first-order valence-electron chi connectivity index (χ1n) is 14.2. The highest BCUT2D eigenvalue weighted by atomic mass is 16.5. The average Bonchev–Trinajstić information content (AvgIpc) is 3.71. The van der Waals surface area contributed by atoms with Crippen molar-refractivity contribution in [2.24, 2.45) is 5.92 Å². The minimum absolute atomic E-state index is 0.0478. The molecule has 8 nitrogen and oxygen atoms in total. The van der Waals surface area contributed by atoms with Crippen molar-refractivity contribution in [1.82, 2.24) is 9.88 Å². The summed E-state index contributed by atoms with van der Waals surface area (Å²) in [7, 11) is 0. The summed E-state index contributed by atoms with van der Waals surface area (Å²) in [6, 6.07) is 8.33. The van der Waals surface area contributed by atoms with Crippen LogP contribution < -0.4 is 15.0 Å². The number of aliphatic hydroxyl groups is 1. The van der Waals surface area contributed by atoms with Crippen molar-refractivity contribution in [3.8, 4) is 5.75 Å². The molecule has 2 aliphatic carbocycles. The van der Waals surface area contributed by atoms with Gasteiger partial charge in [-0.3, -0.25) is 19.4 Å². The van der Waals surface area contributed by atoms with Crippen molar-refractivity contribution < 1.29 is 19.4 Å². The number of carbonyl (C=O) groups excluding carboxylic acids is 2. The lowest BCUT2D eigenvalue weighted by Gasteiger charge is -2.49. The summed E-state index contributed by atoms with van der Waals surface area (Å²) in [6.45, 7) is 5.14. The number of ether oxygens (including phenoxy) is 1. The van der Waals surface area contributed by atoms with Gasteiger partial charge in [-0.1, -0.05) is 17.7 Å². The summed E-state index contributed by atoms with van der Waals surface area (Å²) in [5, 5.41) is 13.9. The Hall–Kier alpha value is -2.97. The molecule has 3 fully saturated rings. The van der Waals surface area contributed by atoms with Gasteiger partial charge in [0.25, 0.3) is 0 Å². The Balaban J connectivity index is 0.949. The predicted molar refractivity (Wildman–Crippen MR) is 143 cm³/mol. The van der Waals surface area contributed by atoms with Gasteiger partial charge in [0.2, 0.25) is 11.8 Å². The molecule has 8 heteroatoms. The van der Waals surface area contributed by atoms with Gasteiger partial charge in [0.05, 0.1) is 17.2 Å². The lowest BCUT2D eigenvalue weighted by Crippen LogP contribution is -2.59. The van der Waals surface area contributed by atoms with Gasteiger partial charge in [0.1, 0.15) is 18.2 Å². The standard InChI is InChI=1S/C30H36N4O4/c1-19-2-6-25-24(14-19)29(28(36)32-25)8-10-33(11-9-29)12-13-38-23-15-20-3-7-26(35)34(27(20)31-18-23)22-16-30(37,17-22)21-4-5-21/h2,6,14-15,18,21-22,37H,3-5,7-13,16-17H2,1H3,(H,32,36). The summed E-state index contributed by atoms with van der Waals surface area (Å²) >= 11 is 0. The molecular weight excluding hydrogens is 480 g/mol. The molecule has 2 aromatic rings. The van der Waals surface area contributed by atoms with E-state index in [1.807, 2.05) is 17.0 Å². The summed E-state index contributed by atoms with van der Waals surface area (Å²) in [4.78, 5) is 34.5. The van der Waals surface area contributed by atoms with E-state index in [2.05, 4.69) is 34.3 Å². The van der Waals surface area contributed by atoms with Crippen LogP contribution in [0.25, 0.3) is 0 Å². The third-order valence-corrected chi connectivity index (χ3v) is 9.66. The fourth-order valence-electron chi connectivity index (χ4n) is 7.19. The minimum Gasteiger partial charge on any atom is -0.491 e. The van der Waals surface area contributed by atoms with Gasteiger partial charge in [0, 0.05) is 24.7 Å². The average molecular weight is 517 g/mol. The number of amides is 2. The van der Waals surface area contributed by atoms with E-state index in [9.17, 15) is 14.7 Å². The first-order chi connectivity index (χ1) is 18.3. The van der Waals surface area contributed by atoms with Gasteiger partial charge in [-0.05, 0) is 94.1 Å². The van der Waals surface area contributed by atoms with Gasteiger partial charge >= 0.3 is 0 Å². The van der Waals surface area contributed by atoms with Crippen molar-refractivity contribution in [3.05, 3.63) is 47.2 Å². The van der Waals surface area contributed by atoms with E-state index < -0.39 is 11.0 Å². The van der Waals surface area contributed by atoms with Crippen molar-refractivity contribution in [1.29, 1.82) is 0 Å². The molecular formula is C30H36N4O4. The largest absolute Gasteiger partial charge is 0.491 e. The number of nitrogens with zero attached hydrogens (tertiary/aromatic N) is 3. The number of likely N-dealkylation sites (tertiary alicyclic amines) is 1. The van der Waals surface area contributed by atoms with Crippen LogP contribution in [0, 0.1) is 12.8 Å². The van der Waals surface area contributed by atoms with Crippen molar-refractivity contribution in [2.45, 2.75) is 75.3 Å². The highest BCUT2D eigenvalue weighted by molar-refractivity contribution is 6.06. The maximum Gasteiger partial charge on any atom is 0.235 e. The summed E-state index contributed by atoms with van der Waals surface area (Å²) < 4.78 is 6.09. The SMILES string of the molecule is Cc1ccc2c(c1)C1(CCN(CCOc3cnc4c(c3)CCC(=O)N4C3CC(O)(C4CC4)C3)CC1)C(=O)N2. The van der Waals surface area contributed by atoms with Gasteiger partial charge in [-0.25, -0.2) is 4.98 Å². The Kier molecular flexibility index (Phi) is 5.57. The topological polar surface area (TPSA) is 95.0 Å². The number of hydrogen-bond donors (Lipinski definition) is 2. The zero-order valence-electron chi connectivity index (χ0n) is 22.0. The Morgan fingerprint density at radius 2 is 1.92 bits per heavy atom. The van der Waals surface area contributed by atoms with Crippen LogP contribution in [-0.4, -0.2) is 64.7 Å². The molecule has 0 unspecified atom stereocenters. The van der Waals surface area contributed by atoms with E-state index in [1.165, 1.54) is 5.56 Å². The Labute approximate surface area is 223 Å². The fourth-order valence-corrected chi connectivity index (χ4v) is 7.19. The van der Waals surface area contributed by atoms with Crippen LogP contribution in [0.15, 0.2) is 30.5 Å². The second kappa shape index (κ2) is 8.78. The van der Waals surface area contributed by atoms with E-state index in [1.54, 1.807) is 6.20 Å². The van der Waals surface area contributed by atoms with Crippen LogP contribution in [0.1, 0.15) is 61.6 Å². The number of piperidine rings is 1. The minimum atomic E-state index is -0.580. The normalized spacial score (nSPS) is 28.1. The predicted octanol–water partition coefficient (Wildman–Crippen LogP) is 3.34. The first kappa shape index (κ1) is 24.1. The number of nitrogens with one attached hydrogen (secondary N) is 1. The molecule has 200 valence electrons. The van der Waals surface area contributed by atoms with Crippen LogP contribution in [0.3, 0.4) is 0 Å². The number of anilines is 2. The van der Waals surface area contributed by atoms with Gasteiger partial charge in [0.15, 0.2) is 0 Å². The number of aromatic nitrogens is 1. The molecule has 38 heavy (non-hydrogen) atoms. The van der Waals surface area contributed by atoms with Crippen molar-refractivity contribution in [2.75, 3.05) is 36.5 Å². The lowest BCUT2D eigenvalue weighted by molar-refractivity contribution is -0.123. The Morgan fingerprint density at radius 1 is 1.13 bits per heavy atom. The third kappa shape index (κ3) is 3.92. The number of aryl methyl sites for hydroxylation is 2. The number of fused-ring (bicyclic) bond motifs is 3. The molecule has 7 rings (SSSR count). The molecule has 1 aromatic heterocycles. The van der Waals surface area contributed by atoms with E-state index in [0.29, 0.717) is 38.2 Å². The molecule has 2 amide bonds. The molecule has 0 atom stereocenters. The second-order valence-electron chi connectivity index (χ2n) is 12.1. The molecule has 1 saturated heterocycles. The maximum absolute atomic E-state index is 12.9. The molecule has 3 aliphatic heterocycles. The molecule has 0 radical (unpaired) electrons. The number of benzene rings is 1. The fraction of sp³-hybridized carbons (Fsp3) is 0.567. The number of carbonyl (C=O) groups is 2. The number of rotatable bonds is 6. The molecule has 4 heterocycles. The summed E-state index contributed by atoms with van der Waals surface area (Å²) in [6.07, 6.45) is 8.03. The monoisotopic (exact) mass is 516 g/mol. The Bertz CT molecular complexity index is 1290. The highest BCUT2D eigenvalue weighted by Gasteiger charge is 2.55. The smallest absolute Gasteiger partial charge is 0.235 e. The van der Waals surface area contributed by atoms with Crippen LogP contribution in [0.5, 0.6) is 5.75 Å². The summed E-state index contributed by atoms with van der Waals surface area (Å²) in [5.41, 5.74) is 3.38.